The molecule has 0 bridgehead atoms. The van der Waals surface area contributed by atoms with Crippen molar-refractivity contribution in [1.29, 1.82) is 0 Å². The lowest BCUT2D eigenvalue weighted by Gasteiger charge is -2.26. The molecule has 0 fully saturated rings. The highest BCUT2D eigenvalue weighted by atomic mass is 19.1. The number of nitrogens with two attached hydrogens (primary N) is 1. The second kappa shape index (κ2) is 4.56. The van der Waals surface area contributed by atoms with E-state index in [1.165, 1.54) is 6.07 Å². The summed E-state index contributed by atoms with van der Waals surface area (Å²) in [6, 6.07) is 6.91. The van der Waals surface area contributed by atoms with Crippen molar-refractivity contribution < 1.29 is 4.39 Å². The van der Waals surface area contributed by atoms with Gasteiger partial charge in [0.1, 0.15) is 5.82 Å². The predicted molar refractivity (Wildman–Crippen MR) is 57.6 cm³/mol. The summed E-state index contributed by atoms with van der Waals surface area (Å²) in [6.45, 7) is 4.78. The average molecular weight is 195 g/mol. The maximum absolute atomic E-state index is 13.4. The minimum absolute atomic E-state index is 0.0161. The fourth-order valence-electron chi connectivity index (χ4n) is 1.44. The summed E-state index contributed by atoms with van der Waals surface area (Å²) in [5, 5.41) is 0. The average Bonchev–Trinajstić information content (AvgIpc) is 2.21. The van der Waals surface area contributed by atoms with Crippen LogP contribution in [0.2, 0.25) is 0 Å². The molecule has 2 N–H and O–H groups in total. The van der Waals surface area contributed by atoms with Gasteiger partial charge in [-0.1, -0.05) is 32.0 Å². The van der Waals surface area contributed by atoms with Crippen LogP contribution in [-0.2, 0) is 6.42 Å². The highest BCUT2D eigenvalue weighted by molar-refractivity contribution is 5.18. The topological polar surface area (TPSA) is 26.0 Å². The molecule has 1 nitrogen and oxygen atoms in total. The first-order chi connectivity index (χ1) is 6.61. The Kier molecular flexibility index (Phi) is 3.64. The van der Waals surface area contributed by atoms with Crippen LogP contribution in [0.3, 0.4) is 0 Å². The second-order valence-electron chi connectivity index (χ2n) is 4.14. The number of benzene rings is 1. The summed E-state index contributed by atoms with van der Waals surface area (Å²) < 4.78 is 13.4. The van der Waals surface area contributed by atoms with Crippen molar-refractivity contribution in [2.45, 2.75) is 26.7 Å². The van der Waals surface area contributed by atoms with E-state index in [0.717, 1.165) is 12.0 Å². The van der Waals surface area contributed by atoms with E-state index < -0.39 is 0 Å². The van der Waals surface area contributed by atoms with Crippen LogP contribution in [0, 0.1) is 11.2 Å². The Morgan fingerprint density at radius 1 is 1.36 bits per heavy atom. The highest BCUT2D eigenvalue weighted by Gasteiger charge is 2.21. The van der Waals surface area contributed by atoms with Gasteiger partial charge in [0.15, 0.2) is 0 Å². The molecule has 0 aliphatic carbocycles. The van der Waals surface area contributed by atoms with Gasteiger partial charge in [-0.05, 0) is 36.4 Å². The molecule has 1 rings (SSSR count). The molecule has 1 aromatic rings. The van der Waals surface area contributed by atoms with E-state index in [2.05, 4.69) is 13.8 Å². The van der Waals surface area contributed by atoms with Crippen LogP contribution in [0.5, 0.6) is 0 Å². The van der Waals surface area contributed by atoms with Crippen LogP contribution >= 0.6 is 0 Å². The van der Waals surface area contributed by atoms with Crippen LogP contribution in [0.1, 0.15) is 25.8 Å². The van der Waals surface area contributed by atoms with Gasteiger partial charge in [-0.15, -0.1) is 0 Å². The summed E-state index contributed by atoms with van der Waals surface area (Å²) >= 11 is 0. The summed E-state index contributed by atoms with van der Waals surface area (Å²) in [5.41, 5.74) is 6.48. The molecule has 0 saturated heterocycles. The van der Waals surface area contributed by atoms with Crippen molar-refractivity contribution >= 4 is 0 Å². The molecular weight excluding hydrogens is 177 g/mol. The Morgan fingerprint density at radius 2 is 2.00 bits per heavy atom. The van der Waals surface area contributed by atoms with Crippen LogP contribution in [0.4, 0.5) is 4.39 Å². The van der Waals surface area contributed by atoms with Gasteiger partial charge in [-0.25, -0.2) is 4.39 Å². The minimum Gasteiger partial charge on any atom is -0.330 e. The lowest BCUT2D eigenvalue weighted by molar-refractivity contribution is 0.316. The molecule has 1 unspecified atom stereocenters. The first-order valence-corrected chi connectivity index (χ1v) is 5.05. The monoisotopic (exact) mass is 195 g/mol. The number of halogens is 1. The Balaban J connectivity index is 2.82. The van der Waals surface area contributed by atoms with E-state index >= 15 is 0 Å². The quantitative estimate of drug-likeness (QED) is 0.785. The Morgan fingerprint density at radius 3 is 2.50 bits per heavy atom. The normalized spacial score (nSPS) is 15.1. The van der Waals surface area contributed by atoms with Crippen molar-refractivity contribution in [2.75, 3.05) is 6.54 Å². The fraction of sp³-hybridized carbons (Fsp3) is 0.500. The Labute approximate surface area is 85.1 Å². The molecule has 1 aromatic carbocycles. The maximum atomic E-state index is 13.4. The van der Waals surface area contributed by atoms with Gasteiger partial charge in [-0.3, -0.25) is 0 Å². The number of hydrogen-bond acceptors (Lipinski definition) is 1. The molecule has 1 atom stereocenters. The first-order valence-electron chi connectivity index (χ1n) is 5.05. The van der Waals surface area contributed by atoms with Crippen molar-refractivity contribution in [3.8, 4) is 0 Å². The van der Waals surface area contributed by atoms with E-state index in [4.69, 9.17) is 5.73 Å². The van der Waals surface area contributed by atoms with Gasteiger partial charge in [-0.2, -0.15) is 0 Å². The van der Waals surface area contributed by atoms with Gasteiger partial charge in [0.2, 0.25) is 0 Å². The second-order valence-corrected chi connectivity index (χ2v) is 4.14. The largest absolute Gasteiger partial charge is 0.330 e. The summed E-state index contributed by atoms with van der Waals surface area (Å²) in [7, 11) is 0. The molecular formula is C12H18FN. The molecule has 2 heteroatoms. The zero-order chi connectivity index (χ0) is 10.6. The fourth-order valence-corrected chi connectivity index (χ4v) is 1.44. The Hall–Kier alpha value is -0.890. The number of hydrogen-bond donors (Lipinski definition) is 1. The molecule has 0 radical (unpaired) electrons. The molecule has 78 valence electrons. The Bertz CT molecular complexity index is 292. The summed E-state index contributed by atoms with van der Waals surface area (Å²) in [5.74, 6) is -0.124. The van der Waals surface area contributed by atoms with Crippen LogP contribution in [-0.4, -0.2) is 6.54 Å². The van der Waals surface area contributed by atoms with E-state index in [-0.39, 0.29) is 11.2 Å². The predicted octanol–water partition coefficient (Wildman–Crippen LogP) is 2.74. The van der Waals surface area contributed by atoms with Crippen molar-refractivity contribution in [3.63, 3.8) is 0 Å². The first kappa shape index (κ1) is 11.2. The van der Waals surface area contributed by atoms with E-state index in [0.29, 0.717) is 13.0 Å². The van der Waals surface area contributed by atoms with Crippen molar-refractivity contribution in [2.24, 2.45) is 11.1 Å². The molecule has 0 aromatic heterocycles. The van der Waals surface area contributed by atoms with Crippen molar-refractivity contribution in [1.82, 2.24) is 0 Å². The van der Waals surface area contributed by atoms with Crippen molar-refractivity contribution in [3.05, 3.63) is 35.6 Å². The SMILES string of the molecule is CCC(C)(CN)Cc1ccccc1F. The maximum Gasteiger partial charge on any atom is 0.126 e. The molecule has 14 heavy (non-hydrogen) atoms. The zero-order valence-electron chi connectivity index (χ0n) is 8.89. The minimum atomic E-state index is -0.124. The van der Waals surface area contributed by atoms with E-state index in [9.17, 15) is 4.39 Å². The third-order valence-corrected chi connectivity index (χ3v) is 2.92. The lowest BCUT2D eigenvalue weighted by atomic mass is 9.81. The summed E-state index contributed by atoms with van der Waals surface area (Å²) in [4.78, 5) is 0. The van der Waals surface area contributed by atoms with E-state index in [1.54, 1.807) is 6.07 Å². The molecule has 0 saturated carbocycles. The number of rotatable bonds is 4. The van der Waals surface area contributed by atoms with Crippen LogP contribution in [0.15, 0.2) is 24.3 Å². The molecule has 0 heterocycles. The summed E-state index contributed by atoms with van der Waals surface area (Å²) in [6.07, 6.45) is 1.69. The van der Waals surface area contributed by atoms with Gasteiger partial charge in [0.05, 0.1) is 0 Å². The van der Waals surface area contributed by atoms with Crippen LogP contribution < -0.4 is 5.73 Å². The van der Waals surface area contributed by atoms with Gasteiger partial charge < -0.3 is 5.73 Å². The zero-order valence-corrected chi connectivity index (χ0v) is 8.89. The smallest absolute Gasteiger partial charge is 0.126 e. The highest BCUT2D eigenvalue weighted by Crippen LogP contribution is 2.26. The van der Waals surface area contributed by atoms with Gasteiger partial charge >= 0.3 is 0 Å². The standard InChI is InChI=1S/C12H18FN/c1-3-12(2,9-14)8-10-6-4-5-7-11(10)13/h4-7H,3,8-9,14H2,1-2H3. The molecule has 0 aliphatic heterocycles. The lowest BCUT2D eigenvalue weighted by Crippen LogP contribution is -2.29. The molecule has 0 aliphatic rings. The molecule has 0 amide bonds. The van der Waals surface area contributed by atoms with Gasteiger partial charge in [0, 0.05) is 0 Å². The van der Waals surface area contributed by atoms with Crippen LogP contribution in [0.25, 0.3) is 0 Å². The third kappa shape index (κ3) is 2.55. The third-order valence-electron chi connectivity index (χ3n) is 2.92. The van der Waals surface area contributed by atoms with Gasteiger partial charge in [0.25, 0.3) is 0 Å². The molecule has 0 spiro atoms. The van der Waals surface area contributed by atoms with E-state index in [1.807, 2.05) is 12.1 Å².